The molecule has 0 spiro atoms. The van der Waals surface area contributed by atoms with E-state index in [1.807, 2.05) is 0 Å². The zero-order valence-corrected chi connectivity index (χ0v) is 11.8. The van der Waals surface area contributed by atoms with Gasteiger partial charge in [0.05, 0.1) is 5.69 Å². The molecule has 1 aromatic carbocycles. The predicted octanol–water partition coefficient (Wildman–Crippen LogP) is 3.04. The van der Waals surface area contributed by atoms with E-state index in [4.69, 9.17) is 5.73 Å². The van der Waals surface area contributed by atoms with Crippen LogP contribution in [-0.2, 0) is 5.41 Å². The number of nitrogens with two attached hydrogens (primary N) is 1. The van der Waals surface area contributed by atoms with Crippen LogP contribution in [0.1, 0.15) is 18.7 Å². The van der Waals surface area contributed by atoms with Crippen LogP contribution in [-0.4, -0.2) is 16.5 Å². The minimum atomic E-state index is -0.287. The molecule has 1 aliphatic carbocycles. The third-order valence-corrected chi connectivity index (χ3v) is 4.07. The van der Waals surface area contributed by atoms with Gasteiger partial charge >= 0.3 is 0 Å². The normalized spacial score (nSPS) is 16.4. The summed E-state index contributed by atoms with van der Waals surface area (Å²) in [5.41, 5.74) is 6.78. The average Bonchev–Trinajstić information content (AvgIpc) is 3.23. The predicted molar refractivity (Wildman–Crippen MR) is 75.1 cm³/mol. The van der Waals surface area contributed by atoms with Crippen molar-refractivity contribution >= 4 is 15.9 Å². The van der Waals surface area contributed by atoms with Gasteiger partial charge < -0.3 is 5.73 Å². The first-order valence-electron chi connectivity index (χ1n) is 6.14. The van der Waals surface area contributed by atoms with Crippen LogP contribution in [0.15, 0.2) is 34.9 Å². The molecule has 1 fully saturated rings. The molecule has 0 atom stereocenters. The fourth-order valence-corrected chi connectivity index (χ4v) is 2.49. The third kappa shape index (κ3) is 2.28. The molecule has 3 rings (SSSR count). The Morgan fingerprint density at radius 1 is 1.32 bits per heavy atom. The van der Waals surface area contributed by atoms with Crippen molar-refractivity contribution in [3.8, 4) is 11.3 Å². The zero-order valence-electron chi connectivity index (χ0n) is 10.2. The van der Waals surface area contributed by atoms with Crippen LogP contribution in [0.2, 0.25) is 0 Å². The van der Waals surface area contributed by atoms with Gasteiger partial charge in [-0.2, -0.15) is 0 Å². The molecule has 1 aliphatic rings. The summed E-state index contributed by atoms with van der Waals surface area (Å²) in [5.74, 6) is 0.442. The summed E-state index contributed by atoms with van der Waals surface area (Å²) in [6.45, 7) is 0.539. The van der Waals surface area contributed by atoms with Gasteiger partial charge in [-0.1, -0.05) is 15.9 Å². The number of rotatable bonds is 3. The Kier molecular flexibility index (Phi) is 3.11. The molecule has 0 unspecified atom stereocenters. The van der Waals surface area contributed by atoms with Crippen molar-refractivity contribution in [1.29, 1.82) is 0 Å². The van der Waals surface area contributed by atoms with Crippen LogP contribution >= 0.6 is 15.9 Å². The smallest absolute Gasteiger partial charge is 0.136 e. The maximum atomic E-state index is 13.9. The molecule has 5 heteroatoms. The van der Waals surface area contributed by atoms with Crippen LogP contribution in [0.3, 0.4) is 0 Å². The Hall–Kier alpha value is -1.33. The second kappa shape index (κ2) is 4.65. The van der Waals surface area contributed by atoms with Crippen molar-refractivity contribution in [2.45, 2.75) is 18.3 Å². The Balaban J connectivity index is 2.06. The highest BCUT2D eigenvalue weighted by Crippen LogP contribution is 2.45. The molecule has 1 aromatic heterocycles. The van der Waals surface area contributed by atoms with Gasteiger partial charge in [0.1, 0.15) is 11.6 Å². The number of hydrogen-bond acceptors (Lipinski definition) is 3. The second-order valence-corrected chi connectivity index (χ2v) is 5.79. The summed E-state index contributed by atoms with van der Waals surface area (Å²) < 4.78 is 14.7. The summed E-state index contributed by atoms with van der Waals surface area (Å²) in [6.07, 6.45) is 3.69. The van der Waals surface area contributed by atoms with E-state index in [2.05, 4.69) is 25.9 Å². The van der Waals surface area contributed by atoms with Crippen LogP contribution in [0, 0.1) is 5.82 Å². The van der Waals surface area contributed by atoms with Crippen molar-refractivity contribution in [2.75, 3.05) is 6.54 Å². The summed E-state index contributed by atoms with van der Waals surface area (Å²) in [7, 11) is 0. The summed E-state index contributed by atoms with van der Waals surface area (Å²) in [4.78, 5) is 8.79. The van der Waals surface area contributed by atoms with Gasteiger partial charge in [0, 0.05) is 28.2 Å². The van der Waals surface area contributed by atoms with E-state index in [-0.39, 0.29) is 11.2 Å². The topological polar surface area (TPSA) is 51.8 Å². The first-order valence-corrected chi connectivity index (χ1v) is 6.93. The number of benzene rings is 1. The van der Waals surface area contributed by atoms with Gasteiger partial charge in [-0.05, 0) is 37.1 Å². The Morgan fingerprint density at radius 3 is 2.79 bits per heavy atom. The first kappa shape index (κ1) is 12.7. The molecular formula is C14H13BrFN3. The number of nitrogens with zero attached hydrogens (tertiary/aromatic N) is 2. The lowest BCUT2D eigenvalue weighted by molar-refractivity contribution is 0.627. The van der Waals surface area contributed by atoms with E-state index in [1.165, 1.54) is 6.07 Å². The largest absolute Gasteiger partial charge is 0.329 e. The fraction of sp³-hybridized carbons (Fsp3) is 0.286. The van der Waals surface area contributed by atoms with Crippen LogP contribution in [0.5, 0.6) is 0 Å². The van der Waals surface area contributed by atoms with Gasteiger partial charge in [0.2, 0.25) is 0 Å². The van der Waals surface area contributed by atoms with Gasteiger partial charge in [-0.25, -0.2) is 14.4 Å². The molecule has 3 nitrogen and oxygen atoms in total. The van der Waals surface area contributed by atoms with Crippen molar-refractivity contribution < 1.29 is 4.39 Å². The quantitative estimate of drug-likeness (QED) is 0.945. The lowest BCUT2D eigenvalue weighted by Crippen LogP contribution is -2.22. The lowest BCUT2D eigenvalue weighted by atomic mass is 10.1. The molecule has 1 heterocycles. The van der Waals surface area contributed by atoms with E-state index in [1.54, 1.807) is 24.4 Å². The molecule has 1 saturated carbocycles. The van der Waals surface area contributed by atoms with Crippen LogP contribution < -0.4 is 5.73 Å². The second-order valence-electron chi connectivity index (χ2n) is 4.87. The number of hydrogen-bond donors (Lipinski definition) is 1. The lowest BCUT2D eigenvalue weighted by Gasteiger charge is -2.12. The molecule has 0 radical (unpaired) electrons. The Morgan fingerprint density at radius 2 is 2.11 bits per heavy atom. The number of aromatic nitrogens is 2. The van der Waals surface area contributed by atoms with Crippen molar-refractivity contribution in [1.82, 2.24) is 9.97 Å². The van der Waals surface area contributed by atoms with Gasteiger partial charge in [0.25, 0.3) is 0 Å². The van der Waals surface area contributed by atoms with E-state index in [0.717, 1.165) is 23.1 Å². The highest BCUT2D eigenvalue weighted by Gasteiger charge is 2.45. The first-order chi connectivity index (χ1) is 9.14. The highest BCUT2D eigenvalue weighted by atomic mass is 79.9. The molecule has 98 valence electrons. The minimum absolute atomic E-state index is 0.0848. The van der Waals surface area contributed by atoms with E-state index >= 15 is 0 Å². The van der Waals surface area contributed by atoms with Crippen molar-refractivity contribution in [2.24, 2.45) is 5.73 Å². The number of halogens is 2. The SMILES string of the molecule is NCC1(c2nccc(-c3cc(Br)ccc3F)n2)CC1. The van der Waals surface area contributed by atoms with Gasteiger partial charge in [-0.15, -0.1) is 0 Å². The van der Waals surface area contributed by atoms with E-state index in [0.29, 0.717) is 17.8 Å². The Bertz CT molecular complexity index is 626. The molecule has 2 aromatic rings. The van der Waals surface area contributed by atoms with Gasteiger partial charge in [-0.3, -0.25) is 0 Å². The van der Waals surface area contributed by atoms with Crippen LogP contribution in [0.4, 0.5) is 4.39 Å². The highest BCUT2D eigenvalue weighted by molar-refractivity contribution is 9.10. The molecule has 19 heavy (non-hydrogen) atoms. The molecule has 0 aliphatic heterocycles. The molecule has 0 saturated heterocycles. The molecule has 0 amide bonds. The summed E-state index contributed by atoms with van der Waals surface area (Å²) in [6, 6.07) is 6.55. The fourth-order valence-electron chi connectivity index (χ4n) is 2.13. The van der Waals surface area contributed by atoms with Crippen molar-refractivity contribution in [3.05, 3.63) is 46.6 Å². The summed E-state index contributed by atoms with van der Waals surface area (Å²) in [5, 5.41) is 0. The van der Waals surface area contributed by atoms with Gasteiger partial charge in [0.15, 0.2) is 0 Å². The third-order valence-electron chi connectivity index (χ3n) is 3.58. The monoisotopic (exact) mass is 321 g/mol. The standard InChI is InChI=1S/C14H13BrFN3/c15-9-1-2-11(16)10(7-9)12-3-6-18-13(19-12)14(8-17)4-5-14/h1-3,6-7H,4-5,8,17H2. The molecular weight excluding hydrogens is 309 g/mol. The molecule has 2 N–H and O–H groups in total. The van der Waals surface area contributed by atoms with Crippen LogP contribution in [0.25, 0.3) is 11.3 Å². The Labute approximate surface area is 119 Å². The van der Waals surface area contributed by atoms with E-state index in [9.17, 15) is 4.39 Å². The maximum Gasteiger partial charge on any atom is 0.136 e. The maximum absolute atomic E-state index is 13.9. The zero-order chi connectivity index (χ0) is 13.5. The average molecular weight is 322 g/mol. The van der Waals surface area contributed by atoms with E-state index < -0.39 is 0 Å². The molecule has 0 bridgehead atoms. The van der Waals surface area contributed by atoms with Crippen molar-refractivity contribution in [3.63, 3.8) is 0 Å². The minimum Gasteiger partial charge on any atom is -0.329 e. The summed E-state index contributed by atoms with van der Waals surface area (Å²) >= 11 is 3.35.